The number of benzene rings is 1. The van der Waals surface area contributed by atoms with Crippen LogP contribution in [0, 0.1) is 6.92 Å². The molecule has 0 N–H and O–H groups in total. The van der Waals surface area contributed by atoms with Crippen molar-refractivity contribution < 1.29 is 37.5 Å². The molecule has 1 aromatic rings. The van der Waals surface area contributed by atoms with Gasteiger partial charge in [-0.15, -0.1) is 0 Å². The summed E-state index contributed by atoms with van der Waals surface area (Å²) < 4.78 is 42.0. The first-order valence-corrected chi connectivity index (χ1v) is 20.5. The van der Waals surface area contributed by atoms with Crippen LogP contribution in [0.2, 0.25) is 18.1 Å². The van der Waals surface area contributed by atoms with Gasteiger partial charge in [0.05, 0.1) is 13.2 Å². The summed E-state index contributed by atoms with van der Waals surface area (Å²) in [5.74, 6) is 0.482. The van der Waals surface area contributed by atoms with Crippen LogP contribution in [0.25, 0.3) is 0 Å². The van der Waals surface area contributed by atoms with Crippen molar-refractivity contribution in [3.05, 3.63) is 33.9 Å². The zero-order valence-electron chi connectivity index (χ0n) is 27.0. The monoisotopic (exact) mass is 623 g/mol. The maximum absolute atomic E-state index is 13.0. The van der Waals surface area contributed by atoms with Gasteiger partial charge in [0.1, 0.15) is 43.8 Å². The third kappa shape index (κ3) is 9.18. The molecule has 0 saturated carbocycles. The number of hydrogen-bond acceptors (Lipinski definition) is 9. The normalized spacial score (nSPS) is 16.7. The second-order valence-electron chi connectivity index (χ2n) is 13.3. The fourth-order valence-electron chi connectivity index (χ4n) is 4.53. The maximum atomic E-state index is 13.0. The molecular weight excluding hydrogens is 573 g/mol. The van der Waals surface area contributed by atoms with E-state index < -0.39 is 21.4 Å². The quantitative estimate of drug-likeness (QED) is 0.111. The van der Waals surface area contributed by atoms with Crippen molar-refractivity contribution in [1.82, 2.24) is 4.90 Å². The van der Waals surface area contributed by atoms with Crippen molar-refractivity contribution in [2.24, 2.45) is 0 Å². The Kier molecular flexibility index (Phi) is 11.5. The van der Waals surface area contributed by atoms with Crippen LogP contribution < -0.4 is 9.16 Å². The highest BCUT2D eigenvalue weighted by molar-refractivity contribution is 7.62. The van der Waals surface area contributed by atoms with Gasteiger partial charge in [-0.1, -0.05) is 32.4 Å². The number of cyclic esters (lactones) is 1. The van der Waals surface area contributed by atoms with Crippen LogP contribution in [0.5, 0.6) is 11.5 Å². The average molecular weight is 624 g/mol. The number of morpholine rings is 1. The molecule has 0 radical (unpaired) electrons. The molecule has 0 aromatic heterocycles. The van der Waals surface area contributed by atoms with E-state index in [4.69, 9.17) is 23.4 Å². The lowest BCUT2D eigenvalue weighted by atomic mass is 9.94. The molecule has 0 spiro atoms. The van der Waals surface area contributed by atoms with E-state index in [0.29, 0.717) is 56.3 Å². The van der Waals surface area contributed by atoms with Gasteiger partial charge in [-0.25, -0.2) is 4.79 Å². The first kappa shape index (κ1) is 34.4. The van der Waals surface area contributed by atoms with E-state index in [-0.39, 0.29) is 30.4 Å². The Morgan fingerprint density at radius 1 is 1.12 bits per heavy atom. The van der Waals surface area contributed by atoms with E-state index in [1.54, 1.807) is 13.3 Å². The lowest BCUT2D eigenvalue weighted by Crippen LogP contribution is -2.44. The van der Waals surface area contributed by atoms with Crippen LogP contribution >= 0.6 is 7.14 Å². The maximum Gasteiger partial charge on any atom is 0.342 e. The summed E-state index contributed by atoms with van der Waals surface area (Å²) in [6.45, 7) is 22.4. The second kappa shape index (κ2) is 14.1. The van der Waals surface area contributed by atoms with E-state index >= 15 is 0 Å². The molecule has 0 unspecified atom stereocenters. The van der Waals surface area contributed by atoms with Gasteiger partial charge >= 0.3 is 11.9 Å². The molecule has 9 nitrogen and oxygen atoms in total. The fourth-order valence-corrected chi connectivity index (χ4v) is 6.01. The van der Waals surface area contributed by atoms with Crippen molar-refractivity contribution in [2.75, 3.05) is 59.1 Å². The minimum Gasteiger partial charge on any atom is -0.543 e. The Morgan fingerprint density at radius 3 is 2.40 bits per heavy atom. The van der Waals surface area contributed by atoms with Gasteiger partial charge in [0.25, 0.3) is 8.32 Å². The Morgan fingerprint density at radius 2 is 1.79 bits per heavy atom. The standard InChI is InChI=1S/C31H50NO8PSi/c1-22(11-13-26(33)37-19-16-32-14-17-36-18-15-32)10-12-24-28(39-21-41(6,7)35)23(2)25-20-38-30(34)27(25)29(24)40-42(8,9)31(3,4)5/h10H,11-21H2,1-9H3/b22-10+. The summed E-state index contributed by atoms with van der Waals surface area (Å²) >= 11 is 0. The van der Waals surface area contributed by atoms with Crippen LogP contribution in [0.4, 0.5) is 0 Å². The van der Waals surface area contributed by atoms with Gasteiger partial charge in [-0.2, -0.15) is 0 Å². The molecule has 2 aliphatic heterocycles. The van der Waals surface area contributed by atoms with E-state index in [9.17, 15) is 14.2 Å². The number of allylic oxidation sites excluding steroid dienone is 2. The van der Waals surface area contributed by atoms with Crippen molar-refractivity contribution in [1.29, 1.82) is 0 Å². The average Bonchev–Trinajstić information content (AvgIpc) is 3.28. The van der Waals surface area contributed by atoms with E-state index in [2.05, 4.69) is 38.8 Å². The summed E-state index contributed by atoms with van der Waals surface area (Å²) in [5, 5.41) is -0.109. The number of ether oxygens (including phenoxy) is 4. The van der Waals surface area contributed by atoms with Crippen molar-refractivity contribution in [3.8, 4) is 11.5 Å². The molecule has 1 saturated heterocycles. The number of rotatable bonds is 13. The molecule has 1 aromatic carbocycles. The first-order chi connectivity index (χ1) is 19.5. The van der Waals surface area contributed by atoms with Crippen molar-refractivity contribution in [3.63, 3.8) is 0 Å². The summed E-state index contributed by atoms with van der Waals surface area (Å²) in [6, 6.07) is 0. The molecule has 42 heavy (non-hydrogen) atoms. The van der Waals surface area contributed by atoms with Gasteiger partial charge in [-0.05, 0) is 63.7 Å². The molecule has 11 heteroatoms. The Bertz CT molecular complexity index is 1220. The lowest BCUT2D eigenvalue weighted by Gasteiger charge is -2.38. The van der Waals surface area contributed by atoms with Crippen molar-refractivity contribution >= 4 is 27.4 Å². The van der Waals surface area contributed by atoms with Gasteiger partial charge in [0.15, 0.2) is 0 Å². The van der Waals surface area contributed by atoms with Crippen LogP contribution in [-0.2, 0) is 36.6 Å². The first-order valence-electron chi connectivity index (χ1n) is 14.8. The predicted molar refractivity (Wildman–Crippen MR) is 168 cm³/mol. The second-order valence-corrected chi connectivity index (χ2v) is 21.5. The van der Waals surface area contributed by atoms with Crippen LogP contribution in [0.3, 0.4) is 0 Å². The topological polar surface area (TPSA) is 101 Å². The van der Waals surface area contributed by atoms with Gasteiger partial charge in [0, 0.05) is 37.2 Å². The van der Waals surface area contributed by atoms with Crippen LogP contribution in [0.15, 0.2) is 11.6 Å². The number of esters is 2. The van der Waals surface area contributed by atoms with Crippen LogP contribution in [-0.4, -0.2) is 84.3 Å². The highest BCUT2D eigenvalue weighted by Crippen LogP contribution is 2.48. The zero-order valence-corrected chi connectivity index (χ0v) is 28.9. The number of carbonyl (C=O) groups is 2. The molecule has 236 valence electrons. The molecule has 2 heterocycles. The molecule has 0 atom stereocenters. The van der Waals surface area contributed by atoms with Crippen molar-refractivity contribution in [2.45, 2.75) is 78.6 Å². The third-order valence-corrected chi connectivity index (χ3v) is 13.3. The third-order valence-electron chi connectivity index (χ3n) is 8.26. The Labute approximate surface area is 252 Å². The van der Waals surface area contributed by atoms with Crippen LogP contribution in [0.1, 0.15) is 67.6 Å². The molecule has 1 fully saturated rings. The smallest absolute Gasteiger partial charge is 0.342 e. The van der Waals surface area contributed by atoms with E-state index in [0.717, 1.165) is 35.4 Å². The summed E-state index contributed by atoms with van der Waals surface area (Å²) in [6.07, 6.45) is 3.39. The zero-order chi connectivity index (χ0) is 31.3. The molecular formula is C31H50NO8PSi. The Balaban J connectivity index is 1.85. The summed E-state index contributed by atoms with van der Waals surface area (Å²) in [7, 11) is -4.86. The van der Waals surface area contributed by atoms with E-state index in [1.807, 2.05) is 19.9 Å². The minimum atomic E-state index is -2.49. The summed E-state index contributed by atoms with van der Waals surface area (Å²) in [4.78, 5) is 27.6. The largest absolute Gasteiger partial charge is 0.543 e. The van der Waals surface area contributed by atoms with Gasteiger partial charge in [0.2, 0.25) is 0 Å². The highest BCUT2D eigenvalue weighted by atomic mass is 31.2. The number of carbonyl (C=O) groups excluding carboxylic acids is 2. The van der Waals surface area contributed by atoms with Gasteiger partial charge < -0.3 is 27.9 Å². The molecule has 0 amide bonds. The molecule has 3 rings (SSSR count). The molecule has 0 bridgehead atoms. The highest BCUT2D eigenvalue weighted by Gasteiger charge is 2.42. The SMILES string of the molecule is C/C(=C\Cc1c(OCP(C)(C)=O)c(C)c2c(c1O[Si](C)(C)C(C)(C)C)C(=O)OC2)CCC(=O)OCCN1CCOCC1. The fraction of sp³-hybridized carbons (Fsp3) is 0.677. The minimum absolute atomic E-state index is 0.0763. The van der Waals surface area contributed by atoms with Gasteiger partial charge in [-0.3, -0.25) is 9.69 Å². The number of fused-ring (bicyclic) bond motifs is 1. The number of nitrogens with zero attached hydrogens (tertiary/aromatic N) is 1. The molecule has 2 aliphatic rings. The summed E-state index contributed by atoms with van der Waals surface area (Å²) in [5.41, 5.74) is 3.79. The van der Waals surface area contributed by atoms with E-state index in [1.165, 1.54) is 0 Å². The lowest BCUT2D eigenvalue weighted by molar-refractivity contribution is -0.144. The number of hydrogen-bond donors (Lipinski definition) is 0. The Hall–Kier alpha value is -2.13. The molecule has 0 aliphatic carbocycles. The predicted octanol–water partition coefficient (Wildman–Crippen LogP) is 6.15.